The molecule has 6 heteroatoms. The predicted octanol–water partition coefficient (Wildman–Crippen LogP) is 0.134. The van der Waals surface area contributed by atoms with Gasteiger partial charge in [0, 0.05) is 36.8 Å². The second-order valence-electron chi connectivity index (χ2n) is 5.03. The average Bonchev–Trinajstić information content (AvgIpc) is 2.53. The number of nitrogens with zero attached hydrogens (tertiary/aromatic N) is 2. The molecule has 3 rings (SSSR count). The fourth-order valence-electron chi connectivity index (χ4n) is 2.58. The van der Waals surface area contributed by atoms with Crippen molar-refractivity contribution < 1.29 is 9.59 Å². The third-order valence-electron chi connectivity index (χ3n) is 3.68. The van der Waals surface area contributed by atoms with Gasteiger partial charge in [-0.1, -0.05) is 6.07 Å². The zero-order valence-corrected chi connectivity index (χ0v) is 11.5. The SMILES string of the molecule is NC(=O)C1CNCCN1C(=O)c1ccc2ncccc2c1. The predicted molar refractivity (Wildman–Crippen MR) is 78.6 cm³/mol. The Morgan fingerprint density at radius 1 is 1.33 bits per heavy atom. The first-order chi connectivity index (χ1) is 10.2. The molecular formula is C15H16N4O2. The molecular weight excluding hydrogens is 268 g/mol. The third-order valence-corrected chi connectivity index (χ3v) is 3.68. The van der Waals surface area contributed by atoms with Crippen LogP contribution in [0.25, 0.3) is 10.9 Å². The summed E-state index contributed by atoms with van der Waals surface area (Å²) in [6, 6.07) is 8.47. The highest BCUT2D eigenvalue weighted by Gasteiger charge is 2.31. The van der Waals surface area contributed by atoms with E-state index in [4.69, 9.17) is 5.73 Å². The van der Waals surface area contributed by atoms with Crippen LogP contribution in [0, 0.1) is 0 Å². The minimum Gasteiger partial charge on any atom is -0.368 e. The van der Waals surface area contributed by atoms with Crippen molar-refractivity contribution in [3.8, 4) is 0 Å². The van der Waals surface area contributed by atoms with E-state index >= 15 is 0 Å². The van der Waals surface area contributed by atoms with Gasteiger partial charge in [-0.05, 0) is 24.3 Å². The lowest BCUT2D eigenvalue weighted by Crippen LogP contribution is -2.58. The van der Waals surface area contributed by atoms with Crippen LogP contribution in [0.1, 0.15) is 10.4 Å². The molecule has 0 radical (unpaired) electrons. The molecule has 0 aliphatic carbocycles. The van der Waals surface area contributed by atoms with Crippen molar-refractivity contribution in [2.75, 3.05) is 19.6 Å². The van der Waals surface area contributed by atoms with Crippen LogP contribution < -0.4 is 11.1 Å². The van der Waals surface area contributed by atoms with Crippen molar-refractivity contribution in [3.05, 3.63) is 42.1 Å². The van der Waals surface area contributed by atoms with E-state index in [0.29, 0.717) is 25.2 Å². The average molecular weight is 284 g/mol. The summed E-state index contributed by atoms with van der Waals surface area (Å²) in [6.07, 6.45) is 1.71. The molecule has 1 aromatic carbocycles. The lowest BCUT2D eigenvalue weighted by atomic mass is 10.1. The first-order valence-electron chi connectivity index (χ1n) is 6.82. The van der Waals surface area contributed by atoms with Gasteiger partial charge in [0.15, 0.2) is 0 Å². The minimum absolute atomic E-state index is 0.175. The molecule has 1 unspecified atom stereocenters. The number of nitrogens with one attached hydrogen (secondary N) is 1. The van der Waals surface area contributed by atoms with Gasteiger partial charge in [0.05, 0.1) is 5.52 Å². The molecule has 1 saturated heterocycles. The van der Waals surface area contributed by atoms with E-state index < -0.39 is 11.9 Å². The highest BCUT2D eigenvalue weighted by atomic mass is 16.2. The van der Waals surface area contributed by atoms with E-state index in [2.05, 4.69) is 10.3 Å². The smallest absolute Gasteiger partial charge is 0.254 e. The van der Waals surface area contributed by atoms with Gasteiger partial charge in [0.2, 0.25) is 5.91 Å². The number of pyridine rings is 1. The maximum absolute atomic E-state index is 12.6. The van der Waals surface area contributed by atoms with Crippen LogP contribution in [-0.4, -0.2) is 47.4 Å². The monoisotopic (exact) mass is 284 g/mol. The summed E-state index contributed by atoms with van der Waals surface area (Å²) in [5, 5.41) is 3.97. The van der Waals surface area contributed by atoms with Gasteiger partial charge in [0.25, 0.3) is 5.91 Å². The molecule has 21 heavy (non-hydrogen) atoms. The molecule has 1 atom stereocenters. The number of primary amides is 1. The van der Waals surface area contributed by atoms with E-state index in [9.17, 15) is 9.59 Å². The van der Waals surface area contributed by atoms with E-state index in [1.165, 1.54) is 4.90 Å². The van der Waals surface area contributed by atoms with Crippen LogP contribution in [0.4, 0.5) is 0 Å². The van der Waals surface area contributed by atoms with E-state index in [0.717, 1.165) is 10.9 Å². The molecule has 2 heterocycles. The molecule has 6 nitrogen and oxygen atoms in total. The van der Waals surface area contributed by atoms with Crippen LogP contribution >= 0.6 is 0 Å². The number of fused-ring (bicyclic) bond motifs is 1. The van der Waals surface area contributed by atoms with Crippen molar-refractivity contribution in [2.45, 2.75) is 6.04 Å². The zero-order chi connectivity index (χ0) is 14.8. The molecule has 2 amide bonds. The summed E-state index contributed by atoms with van der Waals surface area (Å²) in [6.45, 7) is 1.53. The van der Waals surface area contributed by atoms with Crippen molar-refractivity contribution in [1.82, 2.24) is 15.2 Å². The topological polar surface area (TPSA) is 88.3 Å². The molecule has 1 aliphatic rings. The number of carbonyl (C=O) groups is 2. The van der Waals surface area contributed by atoms with E-state index in [1.807, 2.05) is 18.2 Å². The number of hydrogen-bond acceptors (Lipinski definition) is 4. The molecule has 0 spiro atoms. The maximum atomic E-state index is 12.6. The third kappa shape index (κ3) is 2.57. The summed E-state index contributed by atoms with van der Waals surface area (Å²) in [7, 11) is 0. The lowest BCUT2D eigenvalue weighted by molar-refractivity contribution is -0.122. The Hall–Kier alpha value is -2.47. The molecule has 3 N–H and O–H groups in total. The van der Waals surface area contributed by atoms with Crippen molar-refractivity contribution in [2.24, 2.45) is 5.73 Å². The Kier molecular flexibility index (Phi) is 3.53. The fraction of sp³-hybridized carbons (Fsp3) is 0.267. The number of carbonyl (C=O) groups excluding carboxylic acids is 2. The summed E-state index contributed by atoms with van der Waals surface area (Å²) in [5.74, 6) is -0.663. The first kappa shape index (κ1) is 13.5. The molecule has 108 valence electrons. The molecule has 2 aromatic rings. The van der Waals surface area contributed by atoms with Crippen molar-refractivity contribution in [1.29, 1.82) is 0 Å². The zero-order valence-electron chi connectivity index (χ0n) is 11.5. The van der Waals surface area contributed by atoms with Gasteiger partial charge in [0.1, 0.15) is 6.04 Å². The number of nitrogens with two attached hydrogens (primary N) is 1. The molecule has 1 aliphatic heterocycles. The summed E-state index contributed by atoms with van der Waals surface area (Å²) >= 11 is 0. The van der Waals surface area contributed by atoms with Crippen molar-refractivity contribution in [3.63, 3.8) is 0 Å². The Morgan fingerprint density at radius 3 is 3.00 bits per heavy atom. The Balaban J connectivity index is 1.93. The molecule has 1 aromatic heterocycles. The highest BCUT2D eigenvalue weighted by Crippen LogP contribution is 2.16. The Bertz CT molecular complexity index is 701. The quantitative estimate of drug-likeness (QED) is 0.820. The minimum atomic E-state index is -0.601. The highest BCUT2D eigenvalue weighted by molar-refractivity contribution is 6.00. The lowest BCUT2D eigenvalue weighted by Gasteiger charge is -2.34. The van der Waals surface area contributed by atoms with Crippen LogP contribution in [0.3, 0.4) is 0 Å². The van der Waals surface area contributed by atoms with Gasteiger partial charge >= 0.3 is 0 Å². The van der Waals surface area contributed by atoms with E-state index in [-0.39, 0.29) is 5.91 Å². The van der Waals surface area contributed by atoms with Crippen LogP contribution in [0.15, 0.2) is 36.5 Å². The molecule has 0 saturated carbocycles. The first-order valence-corrected chi connectivity index (χ1v) is 6.82. The number of piperazine rings is 1. The van der Waals surface area contributed by atoms with Gasteiger partial charge in [-0.3, -0.25) is 14.6 Å². The number of benzene rings is 1. The number of aromatic nitrogens is 1. The normalized spacial score (nSPS) is 18.7. The van der Waals surface area contributed by atoms with Crippen LogP contribution in [-0.2, 0) is 4.79 Å². The number of rotatable bonds is 2. The van der Waals surface area contributed by atoms with Gasteiger partial charge in [-0.15, -0.1) is 0 Å². The van der Waals surface area contributed by atoms with Gasteiger partial charge in [-0.2, -0.15) is 0 Å². The number of amides is 2. The Labute approximate surface area is 121 Å². The van der Waals surface area contributed by atoms with Gasteiger partial charge in [-0.25, -0.2) is 0 Å². The molecule has 1 fully saturated rings. The van der Waals surface area contributed by atoms with Crippen molar-refractivity contribution >= 4 is 22.7 Å². The van der Waals surface area contributed by atoms with Crippen LogP contribution in [0.2, 0.25) is 0 Å². The molecule has 0 bridgehead atoms. The summed E-state index contributed by atoms with van der Waals surface area (Å²) in [5.41, 5.74) is 6.76. The Morgan fingerprint density at radius 2 is 2.19 bits per heavy atom. The van der Waals surface area contributed by atoms with Gasteiger partial charge < -0.3 is 16.0 Å². The second-order valence-corrected chi connectivity index (χ2v) is 5.03. The fourth-order valence-corrected chi connectivity index (χ4v) is 2.58. The standard InChI is InChI=1S/C15H16N4O2/c16-14(20)13-9-17-6-7-19(13)15(21)11-3-4-12-10(8-11)2-1-5-18-12/h1-5,8,13,17H,6-7,9H2,(H2,16,20). The van der Waals surface area contributed by atoms with E-state index in [1.54, 1.807) is 18.3 Å². The summed E-state index contributed by atoms with van der Waals surface area (Å²) < 4.78 is 0. The second kappa shape index (κ2) is 5.49. The van der Waals surface area contributed by atoms with Crippen LogP contribution in [0.5, 0.6) is 0 Å². The largest absolute Gasteiger partial charge is 0.368 e. The summed E-state index contributed by atoms with van der Waals surface area (Å²) in [4.78, 5) is 29.9. The number of hydrogen-bond donors (Lipinski definition) is 2. The maximum Gasteiger partial charge on any atom is 0.254 e.